The number of aryl methyl sites for hydroxylation is 1. The van der Waals surface area contributed by atoms with E-state index in [4.69, 9.17) is 4.98 Å². The molecule has 7 heteroatoms. The summed E-state index contributed by atoms with van der Waals surface area (Å²) in [6, 6.07) is 0. The summed E-state index contributed by atoms with van der Waals surface area (Å²) in [6.45, 7) is 4.47. The van der Waals surface area contributed by atoms with Gasteiger partial charge in [-0.25, -0.2) is 9.97 Å². The van der Waals surface area contributed by atoms with Gasteiger partial charge in [0.25, 0.3) is 0 Å². The second-order valence-electron chi connectivity index (χ2n) is 6.07. The van der Waals surface area contributed by atoms with Gasteiger partial charge in [0.2, 0.25) is 5.95 Å². The Morgan fingerprint density at radius 1 is 1.55 bits per heavy atom. The average molecular weight is 317 g/mol. The molecule has 2 N–H and O–H groups in total. The van der Waals surface area contributed by atoms with Crippen molar-refractivity contribution in [1.29, 1.82) is 0 Å². The van der Waals surface area contributed by atoms with E-state index in [0.29, 0.717) is 18.4 Å². The molecule has 1 aliphatic rings. The van der Waals surface area contributed by atoms with Crippen LogP contribution in [0.5, 0.6) is 0 Å². The van der Waals surface area contributed by atoms with Gasteiger partial charge in [-0.15, -0.1) is 11.3 Å². The van der Waals surface area contributed by atoms with E-state index >= 15 is 0 Å². The lowest BCUT2D eigenvalue weighted by molar-refractivity contribution is 0.208. The quantitative estimate of drug-likeness (QED) is 0.776. The van der Waals surface area contributed by atoms with Crippen LogP contribution in [0.1, 0.15) is 43.0 Å². The second-order valence-corrected chi connectivity index (χ2v) is 7.16. The van der Waals surface area contributed by atoms with Gasteiger partial charge >= 0.3 is 0 Å². The highest BCUT2D eigenvalue weighted by molar-refractivity contribution is 7.19. The normalized spacial score (nSPS) is 19.5. The molecule has 4 rings (SSSR count). The van der Waals surface area contributed by atoms with E-state index in [0.717, 1.165) is 22.3 Å². The number of rotatable bonds is 3. The molecule has 2 unspecified atom stereocenters. The summed E-state index contributed by atoms with van der Waals surface area (Å²) in [5, 5.41) is 18.1. The van der Waals surface area contributed by atoms with Crippen LogP contribution in [-0.2, 0) is 6.42 Å². The van der Waals surface area contributed by atoms with Gasteiger partial charge in [-0.3, -0.25) is 0 Å². The van der Waals surface area contributed by atoms with E-state index in [9.17, 15) is 5.11 Å². The van der Waals surface area contributed by atoms with Gasteiger partial charge in [0.15, 0.2) is 5.65 Å². The minimum atomic E-state index is -0.437. The molecule has 0 spiro atoms. The van der Waals surface area contributed by atoms with Gasteiger partial charge in [-0.1, -0.05) is 6.92 Å². The molecule has 0 saturated carbocycles. The molecule has 3 aromatic rings. The highest BCUT2D eigenvalue weighted by atomic mass is 32.1. The van der Waals surface area contributed by atoms with Crippen molar-refractivity contribution in [1.82, 2.24) is 19.6 Å². The van der Waals surface area contributed by atoms with Crippen molar-refractivity contribution in [2.45, 2.75) is 45.1 Å². The Labute approximate surface area is 132 Å². The van der Waals surface area contributed by atoms with E-state index in [1.807, 2.05) is 0 Å². The van der Waals surface area contributed by atoms with Crippen molar-refractivity contribution in [2.75, 3.05) is 11.9 Å². The molecular weight excluding hydrogens is 298 g/mol. The summed E-state index contributed by atoms with van der Waals surface area (Å²) < 4.78 is 1.75. The maximum atomic E-state index is 9.48. The number of aromatic nitrogens is 4. The van der Waals surface area contributed by atoms with Crippen LogP contribution in [0.15, 0.2) is 6.33 Å². The van der Waals surface area contributed by atoms with Gasteiger partial charge < -0.3 is 10.4 Å². The van der Waals surface area contributed by atoms with Crippen LogP contribution in [0.25, 0.3) is 15.9 Å². The lowest BCUT2D eigenvalue weighted by Gasteiger charge is -2.18. The van der Waals surface area contributed by atoms with Crippen LogP contribution in [0, 0.1) is 0 Å². The number of fused-ring (bicyclic) bond motifs is 5. The fourth-order valence-electron chi connectivity index (χ4n) is 3.26. The predicted molar refractivity (Wildman–Crippen MR) is 87.7 cm³/mol. The summed E-state index contributed by atoms with van der Waals surface area (Å²) in [6.07, 6.45) is 4.74. The third-order valence-electron chi connectivity index (χ3n) is 4.27. The molecule has 2 atom stereocenters. The zero-order chi connectivity index (χ0) is 15.3. The number of thiophene rings is 1. The van der Waals surface area contributed by atoms with Crippen molar-refractivity contribution in [3.8, 4) is 0 Å². The first kappa shape index (κ1) is 13.9. The van der Waals surface area contributed by atoms with E-state index in [1.165, 1.54) is 23.3 Å². The predicted octanol–water partition coefficient (Wildman–Crippen LogP) is 2.57. The molecule has 0 radical (unpaired) electrons. The highest BCUT2D eigenvalue weighted by Gasteiger charge is 2.25. The van der Waals surface area contributed by atoms with Crippen molar-refractivity contribution < 1.29 is 5.11 Å². The zero-order valence-electron chi connectivity index (χ0n) is 12.7. The first-order valence-electron chi connectivity index (χ1n) is 7.72. The van der Waals surface area contributed by atoms with Gasteiger partial charge in [-0.05, 0) is 37.7 Å². The monoisotopic (exact) mass is 317 g/mol. The molecule has 22 heavy (non-hydrogen) atoms. The smallest absolute Gasteiger partial charge is 0.227 e. The van der Waals surface area contributed by atoms with E-state index in [2.05, 4.69) is 22.3 Å². The Bertz CT molecular complexity index is 837. The minimum absolute atomic E-state index is 0.437. The molecule has 3 heterocycles. The zero-order valence-corrected chi connectivity index (χ0v) is 13.5. The largest absolute Gasteiger partial charge is 0.392 e. The molecule has 3 aromatic heterocycles. The standard InChI is InChI=1S/C15H19N5OS/c1-8-4-3-5-10-11(8)12-13-17-7-18-20(13)15(16-6-9(2)21)19-14(12)22-10/h7-9,21H,3-6H2,1-2H3,(H,16,19). The van der Waals surface area contributed by atoms with E-state index in [1.54, 1.807) is 29.1 Å². The second kappa shape index (κ2) is 5.17. The molecule has 0 bridgehead atoms. The molecule has 6 nitrogen and oxygen atoms in total. The minimum Gasteiger partial charge on any atom is -0.392 e. The number of nitrogens with zero attached hydrogens (tertiary/aromatic N) is 4. The summed E-state index contributed by atoms with van der Waals surface area (Å²) in [7, 11) is 0. The Morgan fingerprint density at radius 3 is 3.23 bits per heavy atom. The van der Waals surface area contributed by atoms with Gasteiger partial charge in [0.05, 0.1) is 11.5 Å². The molecule has 0 fully saturated rings. The van der Waals surface area contributed by atoms with Gasteiger partial charge in [0, 0.05) is 11.4 Å². The Balaban J connectivity index is 1.95. The van der Waals surface area contributed by atoms with Crippen LogP contribution in [0.3, 0.4) is 0 Å². The molecule has 0 aromatic carbocycles. The van der Waals surface area contributed by atoms with Gasteiger partial charge in [-0.2, -0.15) is 9.61 Å². The SMILES string of the molecule is CC(O)CNc1nc2sc3c(c2c2ncnn12)C(C)CCC3. The summed E-state index contributed by atoms with van der Waals surface area (Å²) >= 11 is 1.78. The third kappa shape index (κ3) is 2.07. The molecule has 116 valence electrons. The van der Waals surface area contributed by atoms with E-state index in [-0.39, 0.29) is 0 Å². The molecule has 1 aliphatic carbocycles. The first-order chi connectivity index (χ1) is 10.6. The lowest BCUT2D eigenvalue weighted by Crippen LogP contribution is -2.18. The fourth-order valence-corrected chi connectivity index (χ4v) is 4.58. The van der Waals surface area contributed by atoms with Crippen molar-refractivity contribution >= 4 is 33.1 Å². The number of nitrogens with one attached hydrogen (secondary N) is 1. The highest BCUT2D eigenvalue weighted by Crippen LogP contribution is 2.43. The maximum Gasteiger partial charge on any atom is 0.227 e. The Morgan fingerprint density at radius 2 is 2.41 bits per heavy atom. The van der Waals surface area contributed by atoms with Crippen molar-refractivity contribution in [2.24, 2.45) is 0 Å². The third-order valence-corrected chi connectivity index (χ3v) is 5.43. The van der Waals surface area contributed by atoms with Crippen LogP contribution in [0.2, 0.25) is 0 Å². The van der Waals surface area contributed by atoms with Crippen LogP contribution in [-0.4, -0.2) is 37.3 Å². The molecular formula is C15H19N5OS. The summed E-state index contributed by atoms with van der Waals surface area (Å²) in [4.78, 5) is 11.7. The van der Waals surface area contributed by atoms with Gasteiger partial charge in [0.1, 0.15) is 11.2 Å². The van der Waals surface area contributed by atoms with Crippen LogP contribution < -0.4 is 5.32 Å². The van der Waals surface area contributed by atoms with Crippen molar-refractivity contribution in [3.63, 3.8) is 0 Å². The number of hydrogen-bond donors (Lipinski definition) is 2. The summed E-state index contributed by atoms with van der Waals surface area (Å²) in [5.41, 5.74) is 2.28. The van der Waals surface area contributed by atoms with Crippen LogP contribution >= 0.6 is 11.3 Å². The number of hydrogen-bond acceptors (Lipinski definition) is 6. The molecule has 0 aliphatic heterocycles. The number of aliphatic hydroxyl groups excluding tert-OH is 1. The summed E-state index contributed by atoms with van der Waals surface area (Å²) in [5.74, 6) is 1.20. The van der Waals surface area contributed by atoms with Crippen LogP contribution in [0.4, 0.5) is 5.95 Å². The van der Waals surface area contributed by atoms with Crippen molar-refractivity contribution in [3.05, 3.63) is 16.8 Å². The Hall–Kier alpha value is -1.73. The molecule has 0 amide bonds. The number of aliphatic hydroxyl groups is 1. The van der Waals surface area contributed by atoms with E-state index < -0.39 is 6.10 Å². The maximum absolute atomic E-state index is 9.48. The average Bonchev–Trinajstić information content (AvgIpc) is 3.08. The lowest BCUT2D eigenvalue weighted by atomic mass is 9.87. The Kier molecular flexibility index (Phi) is 3.27. The number of anilines is 1. The molecule has 0 saturated heterocycles. The fraction of sp³-hybridized carbons (Fsp3) is 0.533. The topological polar surface area (TPSA) is 75.3 Å². The first-order valence-corrected chi connectivity index (χ1v) is 8.53.